The van der Waals surface area contributed by atoms with Gasteiger partial charge < -0.3 is 14.5 Å². The van der Waals surface area contributed by atoms with Crippen molar-refractivity contribution in [3.8, 4) is 0 Å². The van der Waals surface area contributed by atoms with Gasteiger partial charge >= 0.3 is 6.09 Å². The van der Waals surface area contributed by atoms with Gasteiger partial charge in [0.15, 0.2) is 0 Å². The Labute approximate surface area is 138 Å². The van der Waals surface area contributed by atoms with Crippen LogP contribution in [0.3, 0.4) is 0 Å². The van der Waals surface area contributed by atoms with Gasteiger partial charge in [0.25, 0.3) is 5.91 Å². The van der Waals surface area contributed by atoms with Gasteiger partial charge in [0, 0.05) is 31.7 Å². The summed E-state index contributed by atoms with van der Waals surface area (Å²) in [4.78, 5) is 28.2. The first-order valence-corrected chi connectivity index (χ1v) is 8.10. The van der Waals surface area contributed by atoms with Crippen molar-refractivity contribution in [3.63, 3.8) is 0 Å². The molecule has 1 fully saturated rings. The highest BCUT2D eigenvalue weighted by atomic mass is 16.6. The lowest BCUT2D eigenvalue weighted by atomic mass is 10.1. The summed E-state index contributed by atoms with van der Waals surface area (Å²) < 4.78 is 5.41. The number of hydrogen-bond acceptors (Lipinski definition) is 3. The van der Waals surface area contributed by atoms with Crippen LogP contribution in [0, 0.1) is 6.92 Å². The lowest BCUT2D eigenvalue weighted by molar-refractivity contribution is 0.0255. The normalized spacial score (nSPS) is 16.0. The van der Waals surface area contributed by atoms with Gasteiger partial charge in [-0.15, -0.1) is 0 Å². The van der Waals surface area contributed by atoms with E-state index in [1.165, 1.54) is 0 Å². The van der Waals surface area contributed by atoms with E-state index >= 15 is 0 Å². The Balaban J connectivity index is 1.97. The zero-order chi connectivity index (χ0) is 17.0. The highest BCUT2D eigenvalue weighted by Crippen LogP contribution is 2.14. The molecule has 2 amide bonds. The number of ether oxygens (including phenoxy) is 1. The molecule has 1 aromatic carbocycles. The van der Waals surface area contributed by atoms with Crippen LogP contribution < -0.4 is 0 Å². The number of rotatable bonds is 1. The Morgan fingerprint density at radius 3 is 2.13 bits per heavy atom. The minimum atomic E-state index is -0.499. The summed E-state index contributed by atoms with van der Waals surface area (Å²) in [5.74, 6) is 0.0241. The lowest BCUT2D eigenvalue weighted by Crippen LogP contribution is -2.40. The fraction of sp³-hybridized carbons (Fsp3) is 0.556. The number of nitrogens with zero attached hydrogens (tertiary/aromatic N) is 2. The molecule has 0 saturated carbocycles. The Morgan fingerprint density at radius 1 is 0.957 bits per heavy atom. The molecule has 0 bridgehead atoms. The standard InChI is InChI=1S/C18H26N2O3/c1-14-6-8-15(9-7-14)16(21)19-10-5-11-20(13-12-19)17(22)23-18(2,3)4/h6-9H,5,10-13H2,1-4H3. The van der Waals surface area contributed by atoms with Crippen molar-refractivity contribution in [2.24, 2.45) is 0 Å². The van der Waals surface area contributed by atoms with Crippen molar-refractivity contribution in [3.05, 3.63) is 35.4 Å². The van der Waals surface area contributed by atoms with Gasteiger partial charge in [0.1, 0.15) is 5.60 Å². The summed E-state index contributed by atoms with van der Waals surface area (Å²) >= 11 is 0. The minimum absolute atomic E-state index is 0.0241. The van der Waals surface area contributed by atoms with Gasteiger partial charge in [-0.25, -0.2) is 4.79 Å². The van der Waals surface area contributed by atoms with Crippen LogP contribution in [0.1, 0.15) is 43.1 Å². The van der Waals surface area contributed by atoms with E-state index in [2.05, 4.69) is 0 Å². The molecule has 0 atom stereocenters. The Kier molecular flexibility index (Phi) is 5.29. The molecule has 0 aliphatic carbocycles. The molecule has 0 N–H and O–H groups in total. The number of hydrogen-bond donors (Lipinski definition) is 0. The molecule has 0 aromatic heterocycles. The average molecular weight is 318 g/mol. The molecule has 0 radical (unpaired) electrons. The number of carbonyl (C=O) groups is 2. The first-order valence-electron chi connectivity index (χ1n) is 8.10. The van der Waals surface area contributed by atoms with Crippen molar-refractivity contribution in [2.45, 2.75) is 39.7 Å². The van der Waals surface area contributed by atoms with Gasteiger partial charge in [0.2, 0.25) is 0 Å². The zero-order valence-corrected chi connectivity index (χ0v) is 14.5. The number of aryl methyl sites for hydroxylation is 1. The third kappa shape index (κ3) is 4.98. The Hall–Kier alpha value is -2.04. The molecular weight excluding hydrogens is 292 g/mol. The van der Waals surface area contributed by atoms with E-state index in [1.807, 2.05) is 56.9 Å². The van der Waals surface area contributed by atoms with Crippen molar-refractivity contribution >= 4 is 12.0 Å². The second kappa shape index (κ2) is 7.02. The molecule has 1 aromatic rings. The molecule has 1 heterocycles. The molecule has 5 nitrogen and oxygen atoms in total. The summed E-state index contributed by atoms with van der Waals surface area (Å²) in [5.41, 5.74) is 1.33. The quantitative estimate of drug-likeness (QED) is 0.799. The van der Waals surface area contributed by atoms with Crippen molar-refractivity contribution < 1.29 is 14.3 Å². The van der Waals surface area contributed by atoms with E-state index in [-0.39, 0.29) is 12.0 Å². The first-order chi connectivity index (χ1) is 10.8. The second-order valence-corrected chi connectivity index (χ2v) is 6.98. The number of benzene rings is 1. The fourth-order valence-electron chi connectivity index (χ4n) is 2.51. The van der Waals surface area contributed by atoms with E-state index in [0.29, 0.717) is 31.7 Å². The van der Waals surface area contributed by atoms with E-state index in [0.717, 1.165) is 12.0 Å². The fourth-order valence-corrected chi connectivity index (χ4v) is 2.51. The van der Waals surface area contributed by atoms with Crippen LogP contribution in [0.5, 0.6) is 0 Å². The highest BCUT2D eigenvalue weighted by Gasteiger charge is 2.26. The molecule has 1 aliphatic rings. The van der Waals surface area contributed by atoms with Crippen LogP contribution in [0.25, 0.3) is 0 Å². The maximum Gasteiger partial charge on any atom is 0.410 e. The van der Waals surface area contributed by atoms with E-state index < -0.39 is 5.60 Å². The summed E-state index contributed by atoms with van der Waals surface area (Å²) in [6.07, 6.45) is 0.457. The largest absolute Gasteiger partial charge is 0.444 e. The zero-order valence-electron chi connectivity index (χ0n) is 14.5. The van der Waals surface area contributed by atoms with E-state index in [4.69, 9.17) is 4.74 Å². The van der Waals surface area contributed by atoms with Crippen molar-refractivity contribution in [1.29, 1.82) is 0 Å². The van der Waals surface area contributed by atoms with Gasteiger partial charge in [-0.3, -0.25) is 4.79 Å². The van der Waals surface area contributed by atoms with Crippen LogP contribution in [-0.2, 0) is 4.74 Å². The molecular formula is C18H26N2O3. The maximum atomic E-state index is 12.6. The van der Waals surface area contributed by atoms with Gasteiger partial charge in [-0.1, -0.05) is 17.7 Å². The van der Waals surface area contributed by atoms with Crippen LogP contribution in [0.15, 0.2) is 24.3 Å². The molecule has 5 heteroatoms. The lowest BCUT2D eigenvalue weighted by Gasteiger charge is -2.26. The van der Waals surface area contributed by atoms with Crippen LogP contribution >= 0.6 is 0 Å². The van der Waals surface area contributed by atoms with Crippen LogP contribution in [0.2, 0.25) is 0 Å². The third-order valence-corrected chi connectivity index (χ3v) is 3.73. The number of amides is 2. The molecule has 1 saturated heterocycles. The van der Waals surface area contributed by atoms with Gasteiger partial charge in [0.05, 0.1) is 0 Å². The summed E-state index contributed by atoms with van der Waals surface area (Å²) in [7, 11) is 0. The van der Waals surface area contributed by atoms with E-state index in [1.54, 1.807) is 4.90 Å². The van der Waals surface area contributed by atoms with Crippen molar-refractivity contribution in [2.75, 3.05) is 26.2 Å². The molecule has 126 valence electrons. The summed E-state index contributed by atoms with van der Waals surface area (Å²) in [6, 6.07) is 7.60. The molecule has 2 rings (SSSR count). The summed E-state index contributed by atoms with van der Waals surface area (Å²) in [5, 5.41) is 0. The molecule has 1 aliphatic heterocycles. The van der Waals surface area contributed by atoms with Gasteiger partial charge in [-0.05, 0) is 46.2 Å². The first kappa shape index (κ1) is 17.3. The average Bonchev–Trinajstić information content (AvgIpc) is 2.71. The van der Waals surface area contributed by atoms with Crippen LogP contribution in [-0.4, -0.2) is 53.6 Å². The smallest absolute Gasteiger partial charge is 0.410 e. The SMILES string of the molecule is Cc1ccc(C(=O)N2CCCN(C(=O)OC(C)(C)C)CC2)cc1. The monoisotopic (exact) mass is 318 g/mol. The van der Waals surface area contributed by atoms with Crippen molar-refractivity contribution in [1.82, 2.24) is 9.80 Å². The molecule has 0 spiro atoms. The topological polar surface area (TPSA) is 49.9 Å². The minimum Gasteiger partial charge on any atom is -0.444 e. The van der Waals surface area contributed by atoms with E-state index in [9.17, 15) is 9.59 Å². The maximum absolute atomic E-state index is 12.6. The summed E-state index contributed by atoms with van der Waals surface area (Å²) in [6.45, 7) is 9.89. The predicted molar refractivity (Wildman–Crippen MR) is 89.5 cm³/mol. The third-order valence-electron chi connectivity index (χ3n) is 3.73. The number of carbonyl (C=O) groups excluding carboxylic acids is 2. The highest BCUT2D eigenvalue weighted by molar-refractivity contribution is 5.94. The van der Waals surface area contributed by atoms with Crippen LogP contribution in [0.4, 0.5) is 4.79 Å². The Bertz CT molecular complexity index is 561. The van der Waals surface area contributed by atoms with Gasteiger partial charge in [-0.2, -0.15) is 0 Å². The second-order valence-electron chi connectivity index (χ2n) is 6.98. The predicted octanol–water partition coefficient (Wildman–Crippen LogP) is 3.08. The molecule has 23 heavy (non-hydrogen) atoms. The molecule has 0 unspecified atom stereocenters. The Morgan fingerprint density at radius 2 is 1.52 bits per heavy atom.